The van der Waals surface area contributed by atoms with E-state index in [1.165, 1.54) is 23.1 Å². The van der Waals surface area contributed by atoms with E-state index in [9.17, 15) is 24.3 Å². The fourth-order valence-corrected chi connectivity index (χ4v) is 3.33. The maximum atomic E-state index is 12.7. The Balaban J connectivity index is 1.68. The van der Waals surface area contributed by atoms with E-state index in [2.05, 4.69) is 5.32 Å². The Morgan fingerprint density at radius 2 is 1.87 bits per heavy atom. The topological polar surface area (TPSA) is 133 Å². The summed E-state index contributed by atoms with van der Waals surface area (Å²) in [5, 5.41) is 21.5. The lowest BCUT2D eigenvalue weighted by atomic mass is 10.1. The quantitative estimate of drug-likeness (QED) is 0.456. The summed E-state index contributed by atoms with van der Waals surface area (Å²) in [5.41, 5.74) is 1.43. The first kappa shape index (κ1) is 21.8. The first-order valence-corrected chi connectivity index (χ1v) is 9.70. The van der Waals surface area contributed by atoms with Crippen LogP contribution in [0.3, 0.4) is 0 Å². The van der Waals surface area contributed by atoms with E-state index < -0.39 is 23.8 Å². The Kier molecular flexibility index (Phi) is 6.54. The van der Waals surface area contributed by atoms with Crippen LogP contribution in [0.2, 0.25) is 0 Å². The van der Waals surface area contributed by atoms with Gasteiger partial charge in [0, 0.05) is 18.7 Å². The van der Waals surface area contributed by atoms with Gasteiger partial charge in [0.05, 0.1) is 30.2 Å². The number of carboxylic acid groups (broad SMARTS) is 1. The van der Waals surface area contributed by atoms with Gasteiger partial charge in [-0.1, -0.05) is 6.07 Å². The number of hydrogen-bond acceptors (Lipinski definition) is 6. The van der Waals surface area contributed by atoms with E-state index in [1.54, 1.807) is 31.2 Å². The largest absolute Gasteiger partial charge is 0.506 e. The van der Waals surface area contributed by atoms with Gasteiger partial charge in [-0.05, 0) is 48.9 Å². The lowest BCUT2D eigenvalue weighted by Gasteiger charge is -2.17. The number of carbonyl (C=O) groups excluding carboxylic acids is 3. The highest BCUT2D eigenvalue weighted by atomic mass is 16.5. The molecule has 0 aliphatic carbocycles. The predicted octanol–water partition coefficient (Wildman–Crippen LogP) is 2.19. The molecule has 3 N–H and O–H groups in total. The van der Waals surface area contributed by atoms with E-state index in [0.717, 1.165) is 0 Å². The molecule has 1 unspecified atom stereocenters. The third kappa shape index (κ3) is 5.19. The van der Waals surface area contributed by atoms with Crippen LogP contribution in [0.4, 0.5) is 11.4 Å². The summed E-state index contributed by atoms with van der Waals surface area (Å²) in [6.07, 6.45) is -0.262. The Morgan fingerprint density at radius 1 is 1.16 bits per heavy atom. The monoisotopic (exact) mass is 426 g/mol. The SMILES string of the molecule is CCOC(=O)c1ccc(N2CC(C(=O)Nc3cc(CC(=O)O)ccc3O)CC2=O)cc1. The molecule has 1 aliphatic rings. The number of rotatable bonds is 7. The molecule has 162 valence electrons. The fourth-order valence-electron chi connectivity index (χ4n) is 3.33. The normalized spacial score (nSPS) is 15.6. The minimum absolute atomic E-state index is 0.0129. The first-order valence-electron chi connectivity index (χ1n) is 9.70. The van der Waals surface area contributed by atoms with Crippen molar-refractivity contribution < 1.29 is 34.1 Å². The predicted molar refractivity (Wildman–Crippen MR) is 111 cm³/mol. The van der Waals surface area contributed by atoms with Crippen molar-refractivity contribution in [1.82, 2.24) is 0 Å². The molecule has 9 nitrogen and oxygen atoms in total. The van der Waals surface area contributed by atoms with Gasteiger partial charge in [-0.15, -0.1) is 0 Å². The summed E-state index contributed by atoms with van der Waals surface area (Å²) in [6.45, 7) is 2.11. The standard InChI is InChI=1S/C22H22N2O7/c1-2-31-22(30)14-4-6-16(7-5-14)24-12-15(11-19(24)26)21(29)23-17-9-13(10-20(27)28)3-8-18(17)25/h3-9,15,25H,2,10-12H2,1H3,(H,23,29)(H,27,28). The number of phenolic OH excluding ortho intramolecular Hbond substituents is 1. The molecule has 1 fully saturated rings. The lowest BCUT2D eigenvalue weighted by Crippen LogP contribution is -2.28. The second kappa shape index (κ2) is 9.29. The number of carbonyl (C=O) groups is 4. The van der Waals surface area contributed by atoms with Crippen LogP contribution in [-0.2, 0) is 25.5 Å². The summed E-state index contributed by atoms with van der Waals surface area (Å²) in [7, 11) is 0. The third-order valence-electron chi connectivity index (χ3n) is 4.86. The second-order valence-corrected chi connectivity index (χ2v) is 7.08. The molecule has 3 rings (SSSR count). The van der Waals surface area contributed by atoms with Crippen LogP contribution in [0, 0.1) is 5.92 Å². The molecule has 9 heteroatoms. The minimum atomic E-state index is -1.03. The zero-order chi connectivity index (χ0) is 22.5. The summed E-state index contributed by atoms with van der Waals surface area (Å²) < 4.78 is 4.93. The van der Waals surface area contributed by atoms with Gasteiger partial charge in [0.1, 0.15) is 5.75 Å². The van der Waals surface area contributed by atoms with Gasteiger partial charge in [-0.2, -0.15) is 0 Å². The number of nitrogens with zero attached hydrogens (tertiary/aromatic N) is 1. The van der Waals surface area contributed by atoms with E-state index in [1.807, 2.05) is 0 Å². The molecule has 0 radical (unpaired) electrons. The molecule has 1 heterocycles. The van der Waals surface area contributed by atoms with E-state index in [4.69, 9.17) is 9.84 Å². The number of aromatic hydroxyl groups is 1. The Bertz CT molecular complexity index is 1020. The fraction of sp³-hybridized carbons (Fsp3) is 0.273. The van der Waals surface area contributed by atoms with E-state index in [0.29, 0.717) is 16.8 Å². The average molecular weight is 426 g/mol. The van der Waals surface area contributed by atoms with Gasteiger partial charge in [0.15, 0.2) is 0 Å². The van der Waals surface area contributed by atoms with Crippen molar-refractivity contribution in [2.75, 3.05) is 23.4 Å². The third-order valence-corrected chi connectivity index (χ3v) is 4.86. The molecular formula is C22H22N2O7. The summed E-state index contributed by atoms with van der Waals surface area (Å²) in [6, 6.07) is 10.5. The van der Waals surface area contributed by atoms with E-state index >= 15 is 0 Å². The highest BCUT2D eigenvalue weighted by Crippen LogP contribution is 2.29. The van der Waals surface area contributed by atoms with Crippen LogP contribution >= 0.6 is 0 Å². The number of phenols is 1. The van der Waals surface area contributed by atoms with Gasteiger partial charge < -0.3 is 25.2 Å². The Morgan fingerprint density at radius 3 is 2.52 bits per heavy atom. The lowest BCUT2D eigenvalue weighted by molar-refractivity contribution is -0.136. The molecule has 2 amide bonds. The van der Waals surface area contributed by atoms with Crippen LogP contribution in [-0.4, -0.2) is 47.1 Å². The first-order chi connectivity index (χ1) is 14.8. The van der Waals surface area contributed by atoms with Gasteiger partial charge >= 0.3 is 11.9 Å². The van der Waals surface area contributed by atoms with Crippen LogP contribution in [0.15, 0.2) is 42.5 Å². The van der Waals surface area contributed by atoms with Crippen molar-refractivity contribution in [2.24, 2.45) is 5.92 Å². The number of amides is 2. The zero-order valence-corrected chi connectivity index (χ0v) is 16.8. The molecule has 31 heavy (non-hydrogen) atoms. The van der Waals surface area contributed by atoms with Crippen LogP contribution in [0.5, 0.6) is 5.75 Å². The summed E-state index contributed by atoms with van der Waals surface area (Å²) in [5.74, 6) is -3.04. The van der Waals surface area contributed by atoms with Gasteiger partial charge in [0.2, 0.25) is 11.8 Å². The van der Waals surface area contributed by atoms with Crippen LogP contribution in [0.25, 0.3) is 0 Å². The maximum absolute atomic E-state index is 12.7. The van der Waals surface area contributed by atoms with Crippen molar-refractivity contribution in [3.63, 3.8) is 0 Å². The van der Waals surface area contributed by atoms with Crippen LogP contribution < -0.4 is 10.2 Å². The molecule has 2 aromatic rings. The molecular weight excluding hydrogens is 404 g/mol. The highest BCUT2D eigenvalue weighted by molar-refractivity contribution is 6.04. The number of benzene rings is 2. The van der Waals surface area contributed by atoms with Crippen molar-refractivity contribution in [1.29, 1.82) is 0 Å². The number of aliphatic carboxylic acids is 1. The molecule has 0 bridgehead atoms. The molecule has 0 spiro atoms. The number of nitrogens with one attached hydrogen (secondary N) is 1. The average Bonchev–Trinajstić information content (AvgIpc) is 3.12. The number of anilines is 2. The number of carboxylic acids is 1. The molecule has 1 saturated heterocycles. The van der Waals surface area contributed by atoms with Crippen molar-refractivity contribution >= 4 is 35.1 Å². The van der Waals surface area contributed by atoms with Crippen LogP contribution in [0.1, 0.15) is 29.3 Å². The maximum Gasteiger partial charge on any atom is 0.338 e. The highest BCUT2D eigenvalue weighted by Gasteiger charge is 2.35. The Hall–Kier alpha value is -3.88. The minimum Gasteiger partial charge on any atom is -0.506 e. The van der Waals surface area contributed by atoms with Gasteiger partial charge in [0.25, 0.3) is 0 Å². The zero-order valence-electron chi connectivity index (χ0n) is 16.8. The van der Waals surface area contributed by atoms with Gasteiger partial charge in [-0.25, -0.2) is 4.79 Å². The second-order valence-electron chi connectivity index (χ2n) is 7.08. The van der Waals surface area contributed by atoms with Crippen molar-refractivity contribution in [2.45, 2.75) is 19.8 Å². The molecule has 0 saturated carbocycles. The van der Waals surface area contributed by atoms with Gasteiger partial charge in [-0.3, -0.25) is 14.4 Å². The molecule has 0 aromatic heterocycles. The van der Waals surface area contributed by atoms with E-state index in [-0.39, 0.29) is 43.3 Å². The van der Waals surface area contributed by atoms with Crippen molar-refractivity contribution in [3.8, 4) is 5.75 Å². The number of hydrogen-bond donors (Lipinski definition) is 3. The molecule has 1 atom stereocenters. The Labute approximate surface area is 178 Å². The molecule has 2 aromatic carbocycles. The number of esters is 1. The molecule has 1 aliphatic heterocycles. The summed E-state index contributed by atoms with van der Waals surface area (Å²) >= 11 is 0. The summed E-state index contributed by atoms with van der Waals surface area (Å²) in [4.78, 5) is 49.2. The smallest absolute Gasteiger partial charge is 0.338 e. The number of ether oxygens (including phenoxy) is 1. The van der Waals surface area contributed by atoms with Crippen molar-refractivity contribution in [3.05, 3.63) is 53.6 Å².